The van der Waals surface area contributed by atoms with Crippen LogP contribution in [-0.2, 0) is 22.6 Å². The fourth-order valence-corrected chi connectivity index (χ4v) is 5.31. The number of methoxy groups -OCH3 is 1. The van der Waals surface area contributed by atoms with Crippen LogP contribution in [0.3, 0.4) is 0 Å². The number of carbonyl (C=O) groups excluding carboxylic acids is 2. The lowest BCUT2D eigenvalue weighted by Gasteiger charge is -2.33. The third-order valence-electron chi connectivity index (χ3n) is 6.48. The number of ether oxygens (including phenoxy) is 1. The topological polar surface area (TPSA) is 58.6 Å². The molecule has 34 heavy (non-hydrogen) atoms. The van der Waals surface area contributed by atoms with Gasteiger partial charge in [0.1, 0.15) is 11.8 Å². The van der Waals surface area contributed by atoms with Gasteiger partial charge in [0.05, 0.1) is 13.5 Å². The van der Waals surface area contributed by atoms with Crippen LogP contribution in [0.4, 0.5) is 0 Å². The fourth-order valence-electron chi connectivity index (χ4n) is 4.61. The van der Waals surface area contributed by atoms with Gasteiger partial charge in [0.2, 0.25) is 11.8 Å². The first-order chi connectivity index (χ1) is 16.5. The highest BCUT2D eigenvalue weighted by atomic mass is 32.1. The van der Waals surface area contributed by atoms with E-state index in [-0.39, 0.29) is 24.3 Å². The van der Waals surface area contributed by atoms with Crippen LogP contribution in [-0.4, -0.2) is 29.9 Å². The van der Waals surface area contributed by atoms with Crippen LogP contribution >= 0.6 is 11.3 Å². The van der Waals surface area contributed by atoms with E-state index < -0.39 is 6.04 Å². The van der Waals surface area contributed by atoms with Crippen LogP contribution in [0.2, 0.25) is 0 Å². The second-order valence-corrected chi connectivity index (χ2v) is 9.91. The first-order valence-corrected chi connectivity index (χ1v) is 12.7. The van der Waals surface area contributed by atoms with Crippen LogP contribution in [0.15, 0.2) is 66.0 Å². The van der Waals surface area contributed by atoms with Gasteiger partial charge in [0, 0.05) is 17.5 Å². The van der Waals surface area contributed by atoms with Crippen molar-refractivity contribution in [1.82, 2.24) is 10.2 Å². The molecule has 1 N–H and O–H groups in total. The summed E-state index contributed by atoms with van der Waals surface area (Å²) in [6.07, 6.45) is 4.52. The van der Waals surface area contributed by atoms with E-state index in [2.05, 4.69) is 5.32 Å². The maximum Gasteiger partial charge on any atom is 0.247 e. The summed E-state index contributed by atoms with van der Waals surface area (Å²) in [6, 6.07) is 18.9. The van der Waals surface area contributed by atoms with E-state index in [0.717, 1.165) is 53.0 Å². The highest BCUT2D eigenvalue weighted by Crippen LogP contribution is 2.29. The van der Waals surface area contributed by atoms with Crippen LogP contribution in [0.5, 0.6) is 5.75 Å². The number of carbonyl (C=O) groups is 2. The number of aryl methyl sites for hydroxylation is 1. The van der Waals surface area contributed by atoms with Gasteiger partial charge in [-0.2, -0.15) is 0 Å². The summed E-state index contributed by atoms with van der Waals surface area (Å²) in [7, 11) is 1.63. The van der Waals surface area contributed by atoms with Crippen molar-refractivity contribution in [2.45, 2.75) is 57.7 Å². The van der Waals surface area contributed by atoms with Gasteiger partial charge in [-0.25, -0.2) is 0 Å². The summed E-state index contributed by atoms with van der Waals surface area (Å²) >= 11 is 1.56. The minimum Gasteiger partial charge on any atom is -0.497 e. The Morgan fingerprint density at radius 3 is 2.44 bits per heavy atom. The van der Waals surface area contributed by atoms with Crippen molar-refractivity contribution in [3.05, 3.63) is 87.6 Å². The van der Waals surface area contributed by atoms with Crippen molar-refractivity contribution in [3.8, 4) is 5.75 Å². The quantitative estimate of drug-likeness (QED) is 0.448. The second-order valence-electron chi connectivity index (χ2n) is 8.87. The van der Waals surface area contributed by atoms with Crippen LogP contribution < -0.4 is 10.1 Å². The monoisotopic (exact) mass is 476 g/mol. The maximum atomic E-state index is 13.8. The molecule has 2 aromatic carbocycles. The number of thiophene rings is 1. The highest BCUT2D eigenvalue weighted by molar-refractivity contribution is 7.10. The molecule has 0 bridgehead atoms. The SMILES string of the molecule is COc1ccc(CN(C(=O)Cc2cccs2)[C@@H](C(=O)NC2CCCC2)c2ccccc2C)cc1. The predicted octanol–water partition coefficient (Wildman–Crippen LogP) is 5.44. The zero-order chi connectivity index (χ0) is 23.9. The molecule has 0 radical (unpaired) electrons. The van der Waals surface area contributed by atoms with Crippen LogP contribution in [0, 0.1) is 6.92 Å². The Bertz CT molecular complexity index is 1090. The molecule has 1 heterocycles. The smallest absolute Gasteiger partial charge is 0.247 e. The third-order valence-corrected chi connectivity index (χ3v) is 7.36. The molecule has 1 aromatic heterocycles. The molecular formula is C28H32N2O3S. The number of nitrogens with one attached hydrogen (secondary N) is 1. The summed E-state index contributed by atoms with van der Waals surface area (Å²) in [5.74, 6) is 0.594. The normalized spacial score (nSPS) is 14.5. The second kappa shape index (κ2) is 11.3. The fraction of sp³-hybridized carbons (Fsp3) is 0.357. The molecular weight excluding hydrogens is 444 g/mol. The molecule has 1 aliphatic carbocycles. The molecule has 5 nitrogen and oxygen atoms in total. The van der Waals surface area contributed by atoms with E-state index in [4.69, 9.17) is 4.74 Å². The van der Waals surface area contributed by atoms with Gasteiger partial charge in [-0.05, 0) is 60.0 Å². The van der Waals surface area contributed by atoms with E-state index in [9.17, 15) is 9.59 Å². The van der Waals surface area contributed by atoms with Gasteiger partial charge in [-0.15, -0.1) is 11.3 Å². The van der Waals surface area contributed by atoms with Crippen molar-refractivity contribution in [1.29, 1.82) is 0 Å². The van der Waals surface area contributed by atoms with Crippen molar-refractivity contribution in [3.63, 3.8) is 0 Å². The molecule has 1 aliphatic rings. The Morgan fingerprint density at radius 1 is 1.06 bits per heavy atom. The Labute approximate surface area is 205 Å². The minimum atomic E-state index is -0.698. The molecule has 1 saturated carbocycles. The number of hydrogen-bond donors (Lipinski definition) is 1. The average Bonchev–Trinajstić information content (AvgIpc) is 3.55. The van der Waals surface area contributed by atoms with Crippen molar-refractivity contribution < 1.29 is 14.3 Å². The van der Waals surface area contributed by atoms with Gasteiger partial charge < -0.3 is 15.0 Å². The molecule has 0 aliphatic heterocycles. The molecule has 0 unspecified atom stereocenters. The van der Waals surface area contributed by atoms with Gasteiger partial charge in [0.15, 0.2) is 0 Å². The zero-order valence-electron chi connectivity index (χ0n) is 19.8. The molecule has 1 fully saturated rings. The number of nitrogens with zero attached hydrogens (tertiary/aromatic N) is 1. The first kappa shape index (κ1) is 24.0. The van der Waals surface area contributed by atoms with Gasteiger partial charge in [-0.1, -0.05) is 55.3 Å². The molecule has 0 spiro atoms. The summed E-state index contributed by atoms with van der Waals surface area (Å²) < 4.78 is 5.29. The summed E-state index contributed by atoms with van der Waals surface area (Å²) in [6.45, 7) is 2.34. The molecule has 6 heteroatoms. The number of amides is 2. The van der Waals surface area contributed by atoms with Crippen LogP contribution in [0.25, 0.3) is 0 Å². The molecule has 178 valence electrons. The standard InChI is InChI=1S/C28H32N2O3S/c1-20-8-3-6-12-25(20)27(28(32)29-22-9-4-5-10-22)30(26(31)18-24-11-7-17-34-24)19-21-13-15-23(33-2)16-14-21/h3,6-8,11-17,22,27H,4-5,9-10,18-19H2,1-2H3,(H,29,32)/t27-/m1/s1. The molecule has 1 atom stereocenters. The summed E-state index contributed by atoms with van der Waals surface area (Å²) in [5.41, 5.74) is 2.82. The van der Waals surface area contributed by atoms with E-state index >= 15 is 0 Å². The van der Waals surface area contributed by atoms with Crippen molar-refractivity contribution >= 4 is 23.2 Å². The maximum absolute atomic E-state index is 13.8. The lowest BCUT2D eigenvalue weighted by Crippen LogP contribution is -2.46. The third kappa shape index (κ3) is 5.86. The van der Waals surface area contributed by atoms with Crippen molar-refractivity contribution in [2.75, 3.05) is 7.11 Å². The summed E-state index contributed by atoms with van der Waals surface area (Å²) in [5, 5.41) is 5.23. The Hall–Kier alpha value is -3.12. The van der Waals surface area contributed by atoms with Crippen molar-refractivity contribution in [2.24, 2.45) is 0 Å². The number of hydrogen-bond acceptors (Lipinski definition) is 4. The lowest BCUT2D eigenvalue weighted by atomic mass is 9.97. The first-order valence-electron chi connectivity index (χ1n) is 11.9. The van der Waals surface area contributed by atoms with Crippen LogP contribution in [0.1, 0.15) is 53.3 Å². The van der Waals surface area contributed by atoms with E-state index in [0.29, 0.717) is 6.54 Å². The average molecular weight is 477 g/mol. The van der Waals surface area contributed by atoms with E-state index in [1.165, 1.54) is 0 Å². The Kier molecular flexibility index (Phi) is 8.01. The van der Waals surface area contributed by atoms with Gasteiger partial charge in [-0.3, -0.25) is 9.59 Å². The minimum absolute atomic E-state index is 0.0620. The predicted molar refractivity (Wildman–Crippen MR) is 136 cm³/mol. The molecule has 0 saturated heterocycles. The summed E-state index contributed by atoms with van der Waals surface area (Å²) in [4.78, 5) is 30.2. The lowest BCUT2D eigenvalue weighted by molar-refractivity contribution is -0.141. The molecule has 2 amide bonds. The number of benzene rings is 2. The van der Waals surface area contributed by atoms with Gasteiger partial charge in [0.25, 0.3) is 0 Å². The highest BCUT2D eigenvalue weighted by Gasteiger charge is 2.34. The molecule has 3 aromatic rings. The Morgan fingerprint density at radius 2 is 1.79 bits per heavy atom. The van der Waals surface area contributed by atoms with Gasteiger partial charge >= 0.3 is 0 Å². The van der Waals surface area contributed by atoms with E-state index in [1.807, 2.05) is 73.0 Å². The Balaban J connectivity index is 1.70. The largest absolute Gasteiger partial charge is 0.497 e. The van der Waals surface area contributed by atoms with E-state index in [1.54, 1.807) is 23.3 Å². The molecule has 4 rings (SSSR count). The number of rotatable bonds is 9. The zero-order valence-corrected chi connectivity index (χ0v) is 20.6.